The largest absolute Gasteiger partial charge is 0.450 e. The summed E-state index contributed by atoms with van der Waals surface area (Å²) in [7, 11) is 1.78. The molecule has 7 nitrogen and oxygen atoms in total. The van der Waals surface area contributed by atoms with Gasteiger partial charge >= 0.3 is 6.09 Å². The van der Waals surface area contributed by atoms with Crippen molar-refractivity contribution in [2.75, 3.05) is 39.9 Å². The minimum absolute atomic E-state index is 0. The van der Waals surface area contributed by atoms with E-state index in [0.717, 1.165) is 38.4 Å². The van der Waals surface area contributed by atoms with Crippen LogP contribution in [-0.2, 0) is 9.47 Å². The number of hydrogen-bond donors (Lipinski definition) is 2. The average molecular weight is 484 g/mol. The van der Waals surface area contributed by atoms with Crippen molar-refractivity contribution >= 4 is 36.0 Å². The zero-order valence-electron chi connectivity index (χ0n) is 16.9. The lowest BCUT2D eigenvalue weighted by Gasteiger charge is -2.32. The van der Waals surface area contributed by atoms with Gasteiger partial charge in [-0.2, -0.15) is 0 Å². The van der Waals surface area contributed by atoms with Crippen molar-refractivity contribution in [3.8, 4) is 0 Å². The van der Waals surface area contributed by atoms with Crippen molar-refractivity contribution in [3.05, 3.63) is 0 Å². The Morgan fingerprint density at radius 3 is 2.38 bits per heavy atom. The maximum absolute atomic E-state index is 11.7. The van der Waals surface area contributed by atoms with E-state index in [9.17, 15) is 4.79 Å². The molecule has 0 aromatic rings. The number of halogens is 1. The Kier molecular flexibility index (Phi) is 13.9. The number of ether oxygens (including phenoxy) is 2. The number of nitrogens with one attached hydrogen (secondary N) is 2. The van der Waals surface area contributed by atoms with Gasteiger partial charge in [-0.1, -0.05) is 13.8 Å². The normalized spacial score (nSPS) is 16.8. The minimum atomic E-state index is -0.209. The van der Waals surface area contributed by atoms with E-state index in [1.165, 1.54) is 0 Å². The van der Waals surface area contributed by atoms with Crippen LogP contribution in [0.1, 0.15) is 47.0 Å². The van der Waals surface area contributed by atoms with Gasteiger partial charge in [0.05, 0.1) is 12.7 Å². The van der Waals surface area contributed by atoms with E-state index < -0.39 is 0 Å². The predicted octanol–water partition coefficient (Wildman–Crippen LogP) is 2.84. The maximum Gasteiger partial charge on any atom is 0.409 e. The van der Waals surface area contributed by atoms with E-state index in [-0.39, 0.29) is 36.2 Å². The topological polar surface area (TPSA) is 75.2 Å². The third-order valence-electron chi connectivity index (χ3n) is 4.43. The Bertz CT molecular complexity index is 413. The third-order valence-corrected chi connectivity index (χ3v) is 4.43. The van der Waals surface area contributed by atoms with Crippen LogP contribution in [0.4, 0.5) is 4.79 Å². The molecule has 0 saturated carbocycles. The Balaban J connectivity index is 0.00000625. The number of nitrogens with zero attached hydrogens (tertiary/aromatic N) is 2. The first kappa shape index (κ1) is 25.2. The van der Waals surface area contributed by atoms with Crippen molar-refractivity contribution in [2.45, 2.75) is 59.1 Å². The summed E-state index contributed by atoms with van der Waals surface area (Å²) in [5, 5.41) is 6.82. The van der Waals surface area contributed by atoms with Crippen molar-refractivity contribution in [1.82, 2.24) is 15.5 Å². The lowest BCUT2D eigenvalue weighted by molar-refractivity contribution is 0.0258. The third kappa shape index (κ3) is 9.25. The van der Waals surface area contributed by atoms with Crippen LogP contribution in [0.3, 0.4) is 0 Å². The predicted molar refractivity (Wildman–Crippen MR) is 116 cm³/mol. The summed E-state index contributed by atoms with van der Waals surface area (Å²) >= 11 is 0. The molecule has 1 atom stereocenters. The van der Waals surface area contributed by atoms with Crippen molar-refractivity contribution < 1.29 is 14.3 Å². The summed E-state index contributed by atoms with van der Waals surface area (Å²) in [5.41, 5.74) is 0. The number of carbonyl (C=O) groups excluding carboxylic acids is 1. The van der Waals surface area contributed by atoms with Crippen LogP contribution in [0, 0.1) is 5.92 Å². The molecule has 1 rings (SSSR count). The van der Waals surface area contributed by atoms with Gasteiger partial charge in [0.25, 0.3) is 0 Å². The summed E-state index contributed by atoms with van der Waals surface area (Å²) in [6.45, 7) is 11.7. The number of carbonyl (C=O) groups is 1. The highest BCUT2D eigenvalue weighted by atomic mass is 127. The molecule has 1 heterocycles. The summed E-state index contributed by atoms with van der Waals surface area (Å²) in [4.78, 5) is 17.8. The molecule has 1 unspecified atom stereocenters. The summed E-state index contributed by atoms with van der Waals surface area (Å²) < 4.78 is 10.8. The molecule has 0 radical (unpaired) electrons. The lowest BCUT2D eigenvalue weighted by atomic mass is 10.0. The molecule has 1 aliphatic heterocycles. The van der Waals surface area contributed by atoms with Gasteiger partial charge in [-0.3, -0.25) is 4.99 Å². The van der Waals surface area contributed by atoms with Gasteiger partial charge in [0.15, 0.2) is 5.96 Å². The maximum atomic E-state index is 11.7. The van der Waals surface area contributed by atoms with Crippen LogP contribution in [0.5, 0.6) is 0 Å². The Hall–Kier alpha value is -0.770. The van der Waals surface area contributed by atoms with Crippen LogP contribution in [0.15, 0.2) is 4.99 Å². The van der Waals surface area contributed by atoms with E-state index in [0.29, 0.717) is 31.7 Å². The molecule has 1 saturated heterocycles. The molecule has 26 heavy (non-hydrogen) atoms. The molecule has 0 aromatic heterocycles. The van der Waals surface area contributed by atoms with Crippen molar-refractivity contribution in [3.63, 3.8) is 0 Å². The molecule has 0 spiro atoms. The van der Waals surface area contributed by atoms with E-state index in [2.05, 4.69) is 29.5 Å². The first-order valence-corrected chi connectivity index (χ1v) is 9.52. The standard InChI is InChI=1S/C18H36N4O3.HI/c1-6-24-16(14(3)4)8-11-20-17(19-5)21-15-9-12-22(13-10-15)18(23)25-7-2;/h14-16H,6-13H2,1-5H3,(H2,19,20,21);1H. The van der Waals surface area contributed by atoms with Gasteiger partial charge in [0.2, 0.25) is 0 Å². The molecule has 2 N–H and O–H groups in total. The van der Waals surface area contributed by atoms with E-state index >= 15 is 0 Å². The molecular formula is C18H37IN4O3. The highest BCUT2D eigenvalue weighted by Crippen LogP contribution is 2.12. The fourth-order valence-electron chi connectivity index (χ4n) is 2.97. The molecule has 154 valence electrons. The summed E-state index contributed by atoms with van der Waals surface area (Å²) in [5.74, 6) is 1.32. The van der Waals surface area contributed by atoms with Crippen LogP contribution >= 0.6 is 24.0 Å². The fourth-order valence-corrected chi connectivity index (χ4v) is 2.97. The van der Waals surface area contributed by atoms with Gasteiger partial charge in [-0.15, -0.1) is 24.0 Å². The number of piperidine rings is 1. The number of rotatable bonds is 8. The molecule has 0 bridgehead atoms. The number of amides is 1. The summed E-state index contributed by atoms with van der Waals surface area (Å²) in [6.07, 6.45) is 2.80. The summed E-state index contributed by atoms with van der Waals surface area (Å²) in [6, 6.07) is 0.324. The molecule has 1 fully saturated rings. The van der Waals surface area contributed by atoms with Crippen molar-refractivity contribution in [1.29, 1.82) is 0 Å². The fraction of sp³-hybridized carbons (Fsp3) is 0.889. The van der Waals surface area contributed by atoms with Crippen LogP contribution < -0.4 is 10.6 Å². The second kappa shape index (κ2) is 14.3. The second-order valence-electron chi connectivity index (χ2n) is 6.63. The first-order valence-electron chi connectivity index (χ1n) is 9.52. The molecule has 1 amide bonds. The zero-order chi connectivity index (χ0) is 18.7. The number of likely N-dealkylation sites (tertiary alicyclic amines) is 1. The molecule has 0 aromatic carbocycles. The SMILES string of the molecule is CCOC(=O)N1CCC(NC(=NC)NCCC(OCC)C(C)C)CC1.I. The van der Waals surface area contributed by atoms with E-state index in [1.54, 1.807) is 11.9 Å². The Morgan fingerprint density at radius 2 is 1.88 bits per heavy atom. The minimum Gasteiger partial charge on any atom is -0.450 e. The zero-order valence-corrected chi connectivity index (χ0v) is 19.2. The quantitative estimate of drug-likeness (QED) is 0.315. The van der Waals surface area contributed by atoms with Gasteiger partial charge in [-0.05, 0) is 39.0 Å². The van der Waals surface area contributed by atoms with Gasteiger partial charge in [0, 0.05) is 39.3 Å². The van der Waals surface area contributed by atoms with E-state index in [1.807, 2.05) is 13.8 Å². The van der Waals surface area contributed by atoms with Gasteiger partial charge in [-0.25, -0.2) is 4.79 Å². The van der Waals surface area contributed by atoms with Crippen LogP contribution in [0.2, 0.25) is 0 Å². The first-order chi connectivity index (χ1) is 12.0. The second-order valence-corrected chi connectivity index (χ2v) is 6.63. The number of aliphatic imine (C=N–C) groups is 1. The smallest absolute Gasteiger partial charge is 0.409 e. The monoisotopic (exact) mass is 484 g/mol. The van der Waals surface area contributed by atoms with Gasteiger partial charge < -0.3 is 25.0 Å². The van der Waals surface area contributed by atoms with Crippen LogP contribution in [-0.4, -0.2) is 69.0 Å². The number of hydrogen-bond acceptors (Lipinski definition) is 4. The highest BCUT2D eigenvalue weighted by molar-refractivity contribution is 14.0. The molecular weight excluding hydrogens is 447 g/mol. The molecule has 0 aliphatic carbocycles. The van der Waals surface area contributed by atoms with Gasteiger partial charge in [0.1, 0.15) is 0 Å². The van der Waals surface area contributed by atoms with Crippen LogP contribution in [0.25, 0.3) is 0 Å². The molecule has 1 aliphatic rings. The Labute approximate surface area is 175 Å². The molecule has 8 heteroatoms. The number of guanidine groups is 1. The lowest BCUT2D eigenvalue weighted by Crippen LogP contribution is -2.50. The van der Waals surface area contributed by atoms with E-state index in [4.69, 9.17) is 9.47 Å². The van der Waals surface area contributed by atoms with Crippen molar-refractivity contribution in [2.24, 2.45) is 10.9 Å². The average Bonchev–Trinajstić information content (AvgIpc) is 2.60. The highest BCUT2D eigenvalue weighted by Gasteiger charge is 2.24. The Morgan fingerprint density at radius 1 is 1.23 bits per heavy atom.